The van der Waals surface area contributed by atoms with Crippen LogP contribution in [0.25, 0.3) is 0 Å². The van der Waals surface area contributed by atoms with Gasteiger partial charge in [0.15, 0.2) is 16.2 Å². The van der Waals surface area contributed by atoms with Crippen molar-refractivity contribution in [3.05, 3.63) is 0 Å². The summed E-state index contributed by atoms with van der Waals surface area (Å²) in [6.07, 6.45) is -9.17. The number of carboxylic acid groups (broad SMARTS) is 2. The molecule has 0 aromatic rings. The molecule has 0 bridgehead atoms. The molecule has 0 aromatic heterocycles. The Bertz CT molecular complexity index is 1010. The molecule has 1 unspecified atom stereocenters. The van der Waals surface area contributed by atoms with E-state index in [1.165, 1.54) is 13.8 Å². The van der Waals surface area contributed by atoms with Crippen LogP contribution in [0.3, 0.4) is 0 Å². The maximum atomic E-state index is 12.5. The largest absolute Gasteiger partial charge is 0.480 e. The van der Waals surface area contributed by atoms with E-state index in [2.05, 4.69) is 18.9 Å². The zero-order valence-corrected chi connectivity index (χ0v) is 24.2. The van der Waals surface area contributed by atoms with Crippen molar-refractivity contribution in [1.29, 1.82) is 0 Å². The van der Waals surface area contributed by atoms with Gasteiger partial charge in [0.05, 0.1) is 26.4 Å². The van der Waals surface area contributed by atoms with Crippen molar-refractivity contribution in [3.63, 3.8) is 0 Å². The number of hydrogen-bond acceptors (Lipinski definition) is 10. The number of ether oxygens (including phenoxy) is 4. The van der Waals surface area contributed by atoms with Gasteiger partial charge in [-0.05, 0) is 47.0 Å². The third-order valence-electron chi connectivity index (χ3n) is 7.28. The van der Waals surface area contributed by atoms with E-state index in [0.29, 0.717) is 0 Å². The van der Waals surface area contributed by atoms with Crippen LogP contribution < -0.4 is 0 Å². The second-order valence-corrected chi connectivity index (χ2v) is 9.84. The van der Waals surface area contributed by atoms with E-state index >= 15 is 0 Å². The molecule has 0 spiro atoms. The first-order chi connectivity index (χ1) is 20.4. The Kier molecular flexibility index (Phi) is 13.5. The number of esters is 4. The number of aliphatic carboxylic acids is 2. The van der Waals surface area contributed by atoms with Crippen LogP contribution in [0.15, 0.2) is 0 Å². The Morgan fingerprint density at radius 1 is 0.523 bits per heavy atom. The maximum absolute atomic E-state index is 12.5. The third-order valence-corrected chi connectivity index (χ3v) is 7.28. The van der Waals surface area contributed by atoms with E-state index in [1.54, 1.807) is 13.8 Å². The van der Waals surface area contributed by atoms with Crippen LogP contribution in [0.1, 0.15) is 47.0 Å². The van der Waals surface area contributed by atoms with Gasteiger partial charge < -0.3 is 29.2 Å². The van der Waals surface area contributed by atoms with E-state index in [0.717, 1.165) is 0 Å². The van der Waals surface area contributed by atoms with Crippen molar-refractivity contribution >= 4 is 35.8 Å². The summed E-state index contributed by atoms with van der Waals surface area (Å²) < 4.78 is 92.0. The number of carboxylic acids is 2. The zero-order valence-electron chi connectivity index (χ0n) is 24.2. The SMILES string of the molecule is CCOC(=O)C1(C(=O)OCC)CC1C(F)F.CCOC(=O)[C@@]1(C(=O)O)C[C@H]1C(F)F.CCOC(=O)[C@]1(C(=O)O)C[C@H]1C(F)F. The number of halogens is 6. The molecule has 0 radical (unpaired) electrons. The number of alkyl halides is 6. The normalized spacial score (nSPS) is 27.1. The van der Waals surface area contributed by atoms with E-state index in [1.807, 2.05) is 0 Å². The Labute approximate surface area is 247 Å². The van der Waals surface area contributed by atoms with Crippen LogP contribution in [-0.2, 0) is 47.7 Å². The molecular weight excluding hydrogens is 618 g/mol. The molecule has 3 aliphatic carbocycles. The van der Waals surface area contributed by atoms with E-state index < -0.39 is 89.1 Å². The highest BCUT2D eigenvalue weighted by Crippen LogP contribution is 2.58. The minimum atomic E-state index is -2.80. The lowest BCUT2D eigenvalue weighted by Gasteiger charge is -2.14. The van der Waals surface area contributed by atoms with Crippen LogP contribution in [0, 0.1) is 34.0 Å². The number of hydrogen-bond donors (Lipinski definition) is 2. The first-order valence-corrected chi connectivity index (χ1v) is 13.4. The fourth-order valence-electron chi connectivity index (χ4n) is 4.50. The van der Waals surface area contributed by atoms with Gasteiger partial charge in [0.25, 0.3) is 0 Å². The molecular formula is C26H34F6O12. The summed E-state index contributed by atoms with van der Waals surface area (Å²) in [6, 6.07) is 0. The molecule has 252 valence electrons. The van der Waals surface area contributed by atoms with Crippen molar-refractivity contribution < 1.29 is 84.3 Å². The van der Waals surface area contributed by atoms with Crippen LogP contribution >= 0.6 is 0 Å². The highest BCUT2D eigenvalue weighted by atomic mass is 19.3. The first-order valence-electron chi connectivity index (χ1n) is 13.4. The molecule has 3 saturated carbocycles. The average molecular weight is 653 g/mol. The third kappa shape index (κ3) is 7.72. The van der Waals surface area contributed by atoms with E-state index in [4.69, 9.17) is 10.2 Å². The van der Waals surface area contributed by atoms with Gasteiger partial charge in [0.2, 0.25) is 19.3 Å². The van der Waals surface area contributed by atoms with Crippen molar-refractivity contribution in [2.45, 2.75) is 66.2 Å². The lowest BCUT2D eigenvalue weighted by Crippen LogP contribution is -2.33. The Hall–Kier alpha value is -3.60. The molecule has 18 heteroatoms. The summed E-state index contributed by atoms with van der Waals surface area (Å²) in [7, 11) is 0. The van der Waals surface area contributed by atoms with Gasteiger partial charge in [0.1, 0.15) is 0 Å². The summed E-state index contributed by atoms with van der Waals surface area (Å²) in [5, 5.41) is 17.4. The second kappa shape index (κ2) is 15.4. The van der Waals surface area contributed by atoms with Crippen molar-refractivity contribution in [2.24, 2.45) is 34.0 Å². The predicted octanol–water partition coefficient (Wildman–Crippen LogP) is 3.20. The molecule has 3 fully saturated rings. The smallest absolute Gasteiger partial charge is 0.324 e. The van der Waals surface area contributed by atoms with E-state index in [-0.39, 0.29) is 45.7 Å². The molecule has 44 heavy (non-hydrogen) atoms. The molecule has 0 amide bonds. The van der Waals surface area contributed by atoms with Gasteiger partial charge in [-0.2, -0.15) is 0 Å². The molecule has 3 rings (SSSR count). The van der Waals surface area contributed by atoms with Gasteiger partial charge in [0, 0.05) is 17.8 Å². The highest BCUT2D eigenvalue weighted by molar-refractivity contribution is 6.04. The lowest BCUT2D eigenvalue weighted by molar-refractivity contribution is -0.167. The molecule has 0 saturated heterocycles. The molecule has 2 N–H and O–H groups in total. The summed E-state index contributed by atoms with van der Waals surface area (Å²) in [6.45, 7) is 6.17. The minimum Gasteiger partial charge on any atom is -0.480 e. The van der Waals surface area contributed by atoms with E-state index in [9.17, 15) is 55.1 Å². The topological polar surface area (TPSA) is 180 Å². The summed E-state index contributed by atoms with van der Waals surface area (Å²) in [5.74, 6) is -11.1. The quantitative estimate of drug-likeness (QED) is 0.129. The Balaban J connectivity index is 0.000000331. The predicted molar refractivity (Wildman–Crippen MR) is 131 cm³/mol. The number of carbonyl (C=O) groups is 6. The highest BCUT2D eigenvalue weighted by Gasteiger charge is 2.73. The maximum Gasteiger partial charge on any atom is 0.324 e. The Morgan fingerprint density at radius 3 is 0.886 bits per heavy atom. The lowest BCUT2D eigenvalue weighted by atomic mass is 10.0. The second-order valence-electron chi connectivity index (χ2n) is 9.84. The monoisotopic (exact) mass is 652 g/mol. The molecule has 12 nitrogen and oxygen atoms in total. The van der Waals surface area contributed by atoms with Gasteiger partial charge in [-0.3, -0.25) is 28.8 Å². The van der Waals surface area contributed by atoms with Gasteiger partial charge in [-0.25, -0.2) is 26.3 Å². The number of carbonyl (C=O) groups excluding carboxylic acids is 4. The molecule has 5 atom stereocenters. The van der Waals surface area contributed by atoms with Crippen molar-refractivity contribution in [1.82, 2.24) is 0 Å². The summed E-state index contributed by atoms with van der Waals surface area (Å²) in [5.41, 5.74) is -5.76. The Morgan fingerprint density at radius 2 is 0.727 bits per heavy atom. The fourth-order valence-corrected chi connectivity index (χ4v) is 4.50. The zero-order chi connectivity index (χ0) is 34.2. The van der Waals surface area contributed by atoms with Gasteiger partial charge in [-0.1, -0.05) is 0 Å². The van der Waals surface area contributed by atoms with Crippen molar-refractivity contribution in [2.75, 3.05) is 26.4 Å². The van der Waals surface area contributed by atoms with Gasteiger partial charge in [-0.15, -0.1) is 0 Å². The van der Waals surface area contributed by atoms with Crippen LogP contribution in [-0.4, -0.2) is 91.7 Å². The summed E-state index contributed by atoms with van der Waals surface area (Å²) >= 11 is 0. The van der Waals surface area contributed by atoms with Crippen LogP contribution in [0.4, 0.5) is 26.3 Å². The number of rotatable bonds is 13. The average Bonchev–Trinajstić information content (AvgIpc) is 3.81. The van der Waals surface area contributed by atoms with Gasteiger partial charge >= 0.3 is 35.8 Å². The molecule has 0 aromatic carbocycles. The molecule has 0 heterocycles. The molecule has 3 aliphatic rings. The van der Waals surface area contributed by atoms with Crippen molar-refractivity contribution in [3.8, 4) is 0 Å². The van der Waals surface area contributed by atoms with Crippen LogP contribution in [0.2, 0.25) is 0 Å². The minimum absolute atomic E-state index is 0.0101. The van der Waals surface area contributed by atoms with Crippen LogP contribution in [0.5, 0.6) is 0 Å². The standard InChI is InChI=1S/C10H14F2O4.2C8H10F2O4/c1-3-15-8(13)10(9(14)16-4-2)5-6(10)7(11)12;2*1-2-14-7(13)8(6(11)12)3-4(8)5(9)10/h6-7H,3-5H2,1-2H3;2*4-5H,2-3H2,1H3,(H,11,12)/t;4-,8+;4-,8-/m.00/s1. The molecule has 0 aliphatic heterocycles. The summed E-state index contributed by atoms with van der Waals surface area (Å²) in [4.78, 5) is 66.7. The first kappa shape index (κ1) is 38.4. The fraction of sp³-hybridized carbons (Fsp3) is 0.769.